The summed E-state index contributed by atoms with van der Waals surface area (Å²) in [6, 6.07) is 10.1. The Morgan fingerprint density at radius 2 is 1.80 bits per heavy atom. The van der Waals surface area contributed by atoms with Crippen molar-refractivity contribution in [1.29, 1.82) is 0 Å². The van der Waals surface area contributed by atoms with Crippen molar-refractivity contribution >= 4 is 0 Å². The summed E-state index contributed by atoms with van der Waals surface area (Å²) >= 11 is 0. The molecule has 10 heavy (non-hydrogen) atoms. The second-order valence-electron chi connectivity index (χ2n) is 1.93. The van der Waals surface area contributed by atoms with Gasteiger partial charge in [0, 0.05) is 20.4 Å². The van der Waals surface area contributed by atoms with Gasteiger partial charge >= 0.3 is 0 Å². The molecule has 0 fully saturated rings. The first-order valence-electron chi connectivity index (χ1n) is 3.01. The number of allylic oxidation sites excluding steroid dienone is 1. The minimum Gasteiger partial charge on any atom is -0.518 e. The van der Waals surface area contributed by atoms with Crippen LogP contribution in [0.5, 0.6) is 0 Å². The van der Waals surface area contributed by atoms with Crippen LogP contribution in [0.3, 0.4) is 0 Å². The van der Waals surface area contributed by atoms with E-state index in [-0.39, 0.29) is 20.4 Å². The minimum atomic E-state index is 0. The molecule has 0 radical (unpaired) electrons. The van der Waals surface area contributed by atoms with Crippen LogP contribution in [0.15, 0.2) is 36.4 Å². The van der Waals surface area contributed by atoms with E-state index in [2.05, 4.69) is 12.1 Å². The zero-order chi connectivity index (χ0) is 6.53. The van der Waals surface area contributed by atoms with Gasteiger partial charge in [-0.05, 0) is 12.0 Å². The molecule has 0 atom stereocenters. The molecule has 0 spiro atoms. The molecular weight excluding hydrogens is 215 g/mol. The summed E-state index contributed by atoms with van der Waals surface area (Å²) in [4.78, 5) is 0. The fourth-order valence-corrected chi connectivity index (χ4v) is 0.750. The molecule has 0 N–H and O–H groups in total. The Morgan fingerprint density at radius 3 is 2.30 bits per heavy atom. The summed E-state index contributed by atoms with van der Waals surface area (Å²) < 4.78 is 0. The second kappa shape index (κ2) is 5.41. The predicted octanol–water partition coefficient (Wildman–Crippen LogP) is 2.22. The topological polar surface area (TPSA) is 0 Å². The van der Waals surface area contributed by atoms with Gasteiger partial charge in [-0.15, -0.1) is 0 Å². The molecule has 0 aliphatic rings. The molecule has 0 saturated heterocycles. The van der Waals surface area contributed by atoms with Crippen LogP contribution in [-0.4, -0.2) is 0 Å². The molecule has 0 nitrogen and oxygen atoms in total. The fraction of sp³-hybridized carbons (Fsp3) is 0.111. The number of hydrogen-bond donors (Lipinski definition) is 0. The van der Waals surface area contributed by atoms with Gasteiger partial charge in [0.15, 0.2) is 0 Å². The molecule has 1 rings (SSSR count). The predicted molar refractivity (Wildman–Crippen MR) is 39.0 cm³/mol. The molecule has 0 aliphatic carbocycles. The van der Waals surface area contributed by atoms with Gasteiger partial charge in [0.25, 0.3) is 0 Å². The van der Waals surface area contributed by atoms with Gasteiger partial charge in [0.05, 0.1) is 0 Å². The van der Waals surface area contributed by atoms with E-state index in [9.17, 15) is 0 Å². The van der Waals surface area contributed by atoms with E-state index in [1.165, 1.54) is 5.56 Å². The summed E-state index contributed by atoms with van der Waals surface area (Å²) in [7, 11) is 0. The van der Waals surface area contributed by atoms with Crippen LogP contribution in [0, 0.1) is 6.58 Å². The molecule has 0 unspecified atom stereocenters. The van der Waals surface area contributed by atoms with Gasteiger partial charge in [-0.2, -0.15) is 0 Å². The van der Waals surface area contributed by atoms with Crippen molar-refractivity contribution < 1.29 is 20.4 Å². The Bertz CT molecular complexity index is 179. The molecule has 0 amide bonds. The third kappa shape index (κ3) is 2.96. The van der Waals surface area contributed by atoms with Gasteiger partial charge < -0.3 is 6.58 Å². The van der Waals surface area contributed by atoms with Crippen molar-refractivity contribution in [3.8, 4) is 0 Å². The van der Waals surface area contributed by atoms with Crippen LogP contribution in [-0.2, 0) is 26.8 Å². The van der Waals surface area contributed by atoms with Gasteiger partial charge in [0.1, 0.15) is 0 Å². The van der Waals surface area contributed by atoms with Gasteiger partial charge in [-0.25, -0.2) is 0 Å². The van der Waals surface area contributed by atoms with Crippen molar-refractivity contribution in [3.05, 3.63) is 48.6 Å². The fourth-order valence-electron chi connectivity index (χ4n) is 0.750. The first-order chi connectivity index (χ1) is 4.43. The second-order valence-corrected chi connectivity index (χ2v) is 1.93. The summed E-state index contributed by atoms with van der Waals surface area (Å²) in [6.45, 7) is 5.24. The van der Waals surface area contributed by atoms with Crippen molar-refractivity contribution in [2.24, 2.45) is 0 Å². The summed E-state index contributed by atoms with van der Waals surface area (Å²) in [6.07, 6.45) is 2.52. The van der Waals surface area contributed by atoms with E-state index in [4.69, 9.17) is 6.58 Å². The SMILES string of the molecule is [CH-]=CCc1ccccc1.[Pd]. The minimum absolute atomic E-state index is 0. The van der Waals surface area contributed by atoms with E-state index in [0.29, 0.717) is 0 Å². The zero-order valence-corrected chi connectivity index (χ0v) is 7.12. The number of benzene rings is 1. The first-order valence-corrected chi connectivity index (χ1v) is 3.01. The molecule has 0 heterocycles. The zero-order valence-electron chi connectivity index (χ0n) is 5.56. The third-order valence-corrected chi connectivity index (χ3v) is 1.20. The Hall–Kier alpha value is -0.378. The number of rotatable bonds is 2. The first kappa shape index (κ1) is 9.62. The van der Waals surface area contributed by atoms with Crippen LogP contribution in [0.1, 0.15) is 5.56 Å². The van der Waals surface area contributed by atoms with Crippen molar-refractivity contribution in [3.63, 3.8) is 0 Å². The molecule has 0 aliphatic heterocycles. The summed E-state index contributed by atoms with van der Waals surface area (Å²) in [5.41, 5.74) is 1.26. The maximum atomic E-state index is 5.24. The largest absolute Gasteiger partial charge is 0.518 e. The Labute approximate surface area is 75.6 Å². The van der Waals surface area contributed by atoms with Crippen LogP contribution < -0.4 is 0 Å². The normalized spacial score (nSPS) is 8.00. The Balaban J connectivity index is 0.000000810. The average Bonchev–Trinajstić information content (AvgIpc) is 1.91. The molecule has 0 saturated carbocycles. The maximum Gasteiger partial charge on any atom is 0 e. The van der Waals surface area contributed by atoms with Crippen LogP contribution in [0.25, 0.3) is 0 Å². The Kier molecular flexibility index (Phi) is 5.21. The molecule has 0 bridgehead atoms. The molecule has 1 heteroatoms. The molecular formula is C9H9Pd-. The van der Waals surface area contributed by atoms with Gasteiger partial charge in [-0.3, -0.25) is 6.08 Å². The van der Waals surface area contributed by atoms with Crippen LogP contribution in [0.4, 0.5) is 0 Å². The maximum absolute atomic E-state index is 5.24. The molecule has 1 aromatic carbocycles. The molecule has 56 valence electrons. The van der Waals surface area contributed by atoms with E-state index in [1.807, 2.05) is 18.2 Å². The summed E-state index contributed by atoms with van der Waals surface area (Å²) in [5.74, 6) is 0. The van der Waals surface area contributed by atoms with Crippen LogP contribution >= 0.6 is 0 Å². The van der Waals surface area contributed by atoms with Gasteiger partial charge in [0.2, 0.25) is 0 Å². The van der Waals surface area contributed by atoms with E-state index in [1.54, 1.807) is 6.08 Å². The van der Waals surface area contributed by atoms with Crippen LogP contribution in [0.2, 0.25) is 0 Å². The average molecular weight is 224 g/mol. The smallest absolute Gasteiger partial charge is 0 e. The molecule has 0 aromatic heterocycles. The van der Waals surface area contributed by atoms with E-state index >= 15 is 0 Å². The third-order valence-electron chi connectivity index (χ3n) is 1.20. The van der Waals surface area contributed by atoms with Crippen molar-refractivity contribution in [2.75, 3.05) is 0 Å². The summed E-state index contributed by atoms with van der Waals surface area (Å²) in [5, 5.41) is 0. The van der Waals surface area contributed by atoms with Gasteiger partial charge in [-0.1, -0.05) is 30.3 Å². The molecule has 1 aromatic rings. The quantitative estimate of drug-likeness (QED) is 0.533. The van der Waals surface area contributed by atoms with Crippen molar-refractivity contribution in [2.45, 2.75) is 6.42 Å². The monoisotopic (exact) mass is 223 g/mol. The number of hydrogen-bond acceptors (Lipinski definition) is 0. The van der Waals surface area contributed by atoms with E-state index < -0.39 is 0 Å². The standard InChI is InChI=1S/C9H9.Pd/c1-2-6-9-7-4-3-5-8-9;/h1-5,7-8H,6H2;/q-1;. The van der Waals surface area contributed by atoms with Crippen molar-refractivity contribution in [1.82, 2.24) is 0 Å². The Morgan fingerprint density at radius 1 is 1.20 bits per heavy atom. The van der Waals surface area contributed by atoms with E-state index in [0.717, 1.165) is 6.42 Å².